The van der Waals surface area contributed by atoms with Crippen LogP contribution in [0.3, 0.4) is 0 Å². The molecule has 2 N–H and O–H groups in total. The lowest BCUT2D eigenvalue weighted by atomic mass is 9.87. The first-order valence-corrected chi connectivity index (χ1v) is 9.05. The average molecular weight is 352 g/mol. The fourth-order valence-electron chi connectivity index (χ4n) is 2.59. The van der Waals surface area contributed by atoms with E-state index in [0.29, 0.717) is 18.7 Å². The fraction of sp³-hybridized carbons (Fsp3) is 0.364. The van der Waals surface area contributed by atoms with Gasteiger partial charge in [0.2, 0.25) is 5.91 Å². The molecular weight excluding hydrogens is 324 g/mol. The van der Waals surface area contributed by atoms with E-state index in [1.54, 1.807) is 0 Å². The number of hydrogen-bond donors (Lipinski definition) is 2. The van der Waals surface area contributed by atoms with Crippen LogP contribution >= 0.6 is 0 Å². The van der Waals surface area contributed by atoms with E-state index in [2.05, 4.69) is 31.4 Å². The molecule has 0 heterocycles. The zero-order valence-electron chi connectivity index (χ0n) is 15.8. The van der Waals surface area contributed by atoms with Gasteiger partial charge < -0.3 is 10.6 Å². The summed E-state index contributed by atoms with van der Waals surface area (Å²) in [5.41, 5.74) is 3.06. The van der Waals surface area contributed by atoms with Gasteiger partial charge in [-0.2, -0.15) is 0 Å². The predicted molar refractivity (Wildman–Crippen MR) is 105 cm³/mol. The van der Waals surface area contributed by atoms with Crippen LogP contribution in [0.2, 0.25) is 0 Å². The summed E-state index contributed by atoms with van der Waals surface area (Å²) >= 11 is 0. The summed E-state index contributed by atoms with van der Waals surface area (Å²) in [6.07, 6.45) is 1.08. The summed E-state index contributed by atoms with van der Waals surface area (Å²) in [4.78, 5) is 24.0. The van der Waals surface area contributed by atoms with Gasteiger partial charge in [0.1, 0.15) is 0 Å². The summed E-state index contributed by atoms with van der Waals surface area (Å²) < 4.78 is 0. The minimum atomic E-state index is -0.150. The average Bonchev–Trinajstić information content (AvgIpc) is 2.62. The number of hydrogen-bond acceptors (Lipinski definition) is 2. The molecule has 0 bridgehead atoms. The van der Waals surface area contributed by atoms with Gasteiger partial charge in [0, 0.05) is 25.1 Å². The lowest BCUT2D eigenvalue weighted by Crippen LogP contribution is -2.31. The van der Waals surface area contributed by atoms with Crippen molar-refractivity contribution in [3.63, 3.8) is 0 Å². The topological polar surface area (TPSA) is 58.2 Å². The molecule has 0 spiro atoms. The maximum Gasteiger partial charge on any atom is 0.251 e. The molecule has 0 fully saturated rings. The highest BCUT2D eigenvalue weighted by atomic mass is 16.2. The lowest BCUT2D eigenvalue weighted by Gasteiger charge is -2.19. The van der Waals surface area contributed by atoms with Gasteiger partial charge in [0.05, 0.1) is 0 Å². The molecule has 0 unspecified atom stereocenters. The Morgan fingerprint density at radius 1 is 0.846 bits per heavy atom. The molecule has 0 aliphatic carbocycles. The Bertz CT molecular complexity index is 716. The molecule has 0 aromatic heterocycles. The third kappa shape index (κ3) is 6.36. The Labute approximate surface area is 156 Å². The first-order valence-electron chi connectivity index (χ1n) is 9.05. The van der Waals surface area contributed by atoms with Crippen molar-refractivity contribution in [1.29, 1.82) is 0 Å². The molecule has 0 saturated carbocycles. The Kier molecular flexibility index (Phi) is 6.96. The van der Waals surface area contributed by atoms with Crippen molar-refractivity contribution >= 4 is 11.8 Å². The molecular formula is C22H28N2O2. The van der Waals surface area contributed by atoms with E-state index < -0.39 is 0 Å². The minimum Gasteiger partial charge on any atom is -0.356 e. The van der Waals surface area contributed by atoms with Gasteiger partial charge in [0.15, 0.2) is 0 Å². The van der Waals surface area contributed by atoms with Crippen molar-refractivity contribution in [3.8, 4) is 0 Å². The van der Waals surface area contributed by atoms with Crippen molar-refractivity contribution < 1.29 is 9.59 Å². The lowest BCUT2D eigenvalue weighted by molar-refractivity contribution is -0.120. The SMILES string of the molecule is CC(C)(C)c1ccc(C(=O)NCCC(=O)NCCc2ccccc2)cc1. The van der Waals surface area contributed by atoms with E-state index in [0.717, 1.165) is 6.42 Å². The predicted octanol–water partition coefficient (Wildman–Crippen LogP) is 3.46. The maximum absolute atomic E-state index is 12.1. The van der Waals surface area contributed by atoms with Gasteiger partial charge in [-0.3, -0.25) is 9.59 Å². The maximum atomic E-state index is 12.1. The number of amides is 2. The quantitative estimate of drug-likeness (QED) is 0.802. The number of carbonyl (C=O) groups is 2. The fourth-order valence-corrected chi connectivity index (χ4v) is 2.59. The summed E-state index contributed by atoms with van der Waals surface area (Å²) in [5, 5.41) is 5.67. The highest BCUT2D eigenvalue weighted by Gasteiger charge is 2.14. The summed E-state index contributed by atoms with van der Waals surface area (Å²) in [6.45, 7) is 7.34. The van der Waals surface area contributed by atoms with E-state index in [-0.39, 0.29) is 23.7 Å². The number of nitrogens with one attached hydrogen (secondary N) is 2. The van der Waals surface area contributed by atoms with Crippen LogP contribution in [-0.2, 0) is 16.6 Å². The Morgan fingerprint density at radius 3 is 2.12 bits per heavy atom. The molecule has 2 aromatic rings. The first-order chi connectivity index (χ1) is 12.4. The number of carbonyl (C=O) groups excluding carboxylic acids is 2. The van der Waals surface area contributed by atoms with Crippen molar-refractivity contribution in [2.75, 3.05) is 13.1 Å². The largest absolute Gasteiger partial charge is 0.356 e. The molecule has 2 amide bonds. The number of rotatable bonds is 7. The summed E-state index contributed by atoms with van der Waals surface area (Å²) in [7, 11) is 0. The van der Waals surface area contributed by atoms with Crippen LogP contribution < -0.4 is 10.6 Å². The third-order valence-electron chi connectivity index (χ3n) is 4.23. The van der Waals surface area contributed by atoms with Crippen LogP contribution in [0.5, 0.6) is 0 Å². The molecule has 138 valence electrons. The van der Waals surface area contributed by atoms with E-state index in [1.165, 1.54) is 11.1 Å². The smallest absolute Gasteiger partial charge is 0.251 e. The van der Waals surface area contributed by atoms with Gasteiger partial charge in [0.25, 0.3) is 5.91 Å². The van der Waals surface area contributed by atoms with Crippen LogP contribution in [-0.4, -0.2) is 24.9 Å². The van der Waals surface area contributed by atoms with Gasteiger partial charge in [-0.1, -0.05) is 63.2 Å². The zero-order valence-corrected chi connectivity index (χ0v) is 15.8. The molecule has 4 heteroatoms. The van der Waals surface area contributed by atoms with E-state index in [9.17, 15) is 9.59 Å². The van der Waals surface area contributed by atoms with Crippen LogP contribution in [0.15, 0.2) is 54.6 Å². The van der Waals surface area contributed by atoms with Crippen LogP contribution in [0.1, 0.15) is 48.7 Å². The molecule has 26 heavy (non-hydrogen) atoms. The molecule has 0 saturated heterocycles. The monoisotopic (exact) mass is 352 g/mol. The summed E-state index contributed by atoms with van der Waals surface area (Å²) in [5.74, 6) is -0.202. The van der Waals surface area contributed by atoms with Gasteiger partial charge in [-0.25, -0.2) is 0 Å². The molecule has 0 aliphatic heterocycles. The molecule has 2 aromatic carbocycles. The second-order valence-electron chi connectivity index (χ2n) is 7.42. The van der Waals surface area contributed by atoms with E-state index in [4.69, 9.17) is 0 Å². The van der Waals surface area contributed by atoms with Crippen LogP contribution in [0, 0.1) is 0 Å². The molecule has 0 radical (unpaired) electrons. The molecule has 0 aliphatic rings. The van der Waals surface area contributed by atoms with Gasteiger partial charge in [-0.05, 0) is 35.1 Å². The minimum absolute atomic E-state index is 0.0516. The van der Waals surface area contributed by atoms with Crippen LogP contribution in [0.4, 0.5) is 0 Å². The van der Waals surface area contributed by atoms with Gasteiger partial charge in [-0.15, -0.1) is 0 Å². The van der Waals surface area contributed by atoms with Crippen molar-refractivity contribution in [1.82, 2.24) is 10.6 Å². The third-order valence-corrected chi connectivity index (χ3v) is 4.23. The standard InChI is InChI=1S/C22H28N2O2/c1-22(2,3)19-11-9-18(10-12-19)21(26)24-16-14-20(25)23-15-13-17-7-5-4-6-8-17/h4-12H,13-16H2,1-3H3,(H,23,25)(H,24,26). The Balaban J connectivity index is 1.68. The summed E-state index contributed by atoms with van der Waals surface area (Å²) in [6, 6.07) is 17.6. The first kappa shape index (κ1) is 19.7. The number of benzene rings is 2. The molecule has 0 atom stereocenters. The second-order valence-corrected chi connectivity index (χ2v) is 7.42. The van der Waals surface area contributed by atoms with Crippen molar-refractivity contribution in [2.24, 2.45) is 0 Å². The Hall–Kier alpha value is -2.62. The van der Waals surface area contributed by atoms with E-state index in [1.807, 2.05) is 54.6 Å². The normalized spacial score (nSPS) is 11.0. The van der Waals surface area contributed by atoms with Crippen molar-refractivity contribution in [3.05, 3.63) is 71.3 Å². The highest BCUT2D eigenvalue weighted by molar-refractivity contribution is 5.94. The van der Waals surface area contributed by atoms with Gasteiger partial charge >= 0.3 is 0 Å². The second kappa shape index (κ2) is 9.18. The molecule has 2 rings (SSSR count). The van der Waals surface area contributed by atoms with Crippen LogP contribution in [0.25, 0.3) is 0 Å². The Morgan fingerprint density at radius 2 is 1.50 bits per heavy atom. The molecule has 4 nitrogen and oxygen atoms in total. The zero-order chi connectivity index (χ0) is 19.0. The van der Waals surface area contributed by atoms with Crippen molar-refractivity contribution in [2.45, 2.75) is 39.0 Å². The highest BCUT2D eigenvalue weighted by Crippen LogP contribution is 2.22. The van der Waals surface area contributed by atoms with E-state index >= 15 is 0 Å².